The third-order valence-electron chi connectivity index (χ3n) is 6.19. The average Bonchev–Trinajstić information content (AvgIpc) is 2.88. The number of unbranched alkanes of at least 4 members (excludes halogenated alkanes) is 2. The van der Waals surface area contributed by atoms with Crippen molar-refractivity contribution in [1.82, 2.24) is 14.5 Å². The Morgan fingerprint density at radius 3 is 2.66 bits per heavy atom. The van der Waals surface area contributed by atoms with Crippen LogP contribution in [0.3, 0.4) is 0 Å². The molecule has 0 atom stereocenters. The fourth-order valence-corrected chi connectivity index (χ4v) is 5.16. The Morgan fingerprint density at radius 1 is 1.09 bits per heavy atom. The minimum absolute atomic E-state index is 0.0731. The summed E-state index contributed by atoms with van der Waals surface area (Å²) in [6.07, 6.45) is 3.71. The molecule has 7 nitrogen and oxygen atoms in total. The number of benzene rings is 2. The monoisotopic (exact) mass is 493 g/mol. The number of thioether (sulfide) groups is 1. The van der Waals surface area contributed by atoms with Gasteiger partial charge in [-0.25, -0.2) is 4.98 Å². The lowest BCUT2D eigenvalue weighted by Gasteiger charge is -2.29. The molecule has 1 aromatic heterocycles. The number of amides is 1. The Kier molecular flexibility index (Phi) is 8.23. The number of hydrogen-bond acceptors (Lipinski definition) is 6. The summed E-state index contributed by atoms with van der Waals surface area (Å²) in [5.41, 5.74) is 3.27. The van der Waals surface area contributed by atoms with Crippen LogP contribution in [0.4, 0.5) is 0 Å². The molecule has 0 fully saturated rings. The summed E-state index contributed by atoms with van der Waals surface area (Å²) >= 11 is 1.20. The topological polar surface area (TPSA) is 81.5 Å². The highest BCUT2D eigenvalue weighted by atomic mass is 32.2. The van der Waals surface area contributed by atoms with Crippen LogP contribution in [0.5, 0.6) is 0 Å². The van der Waals surface area contributed by atoms with Gasteiger partial charge in [0.25, 0.3) is 11.5 Å². The molecule has 0 unspecified atom stereocenters. The summed E-state index contributed by atoms with van der Waals surface area (Å²) in [4.78, 5) is 45.1. The minimum atomic E-state index is -0.346. The van der Waals surface area contributed by atoms with Crippen LogP contribution in [0, 0.1) is 0 Å². The van der Waals surface area contributed by atoms with Gasteiger partial charge < -0.3 is 9.64 Å². The summed E-state index contributed by atoms with van der Waals surface area (Å²) in [5.74, 6) is -0.344. The Balaban J connectivity index is 1.64. The van der Waals surface area contributed by atoms with Crippen LogP contribution in [-0.2, 0) is 29.0 Å². The summed E-state index contributed by atoms with van der Waals surface area (Å²) < 4.78 is 6.68. The molecule has 1 amide bonds. The van der Waals surface area contributed by atoms with Gasteiger partial charge in [-0.1, -0.05) is 55.8 Å². The molecule has 2 aromatic carbocycles. The normalized spacial score (nSPS) is 13.0. The minimum Gasteiger partial charge on any atom is -0.465 e. The van der Waals surface area contributed by atoms with Gasteiger partial charge in [0, 0.05) is 25.2 Å². The van der Waals surface area contributed by atoms with E-state index in [1.807, 2.05) is 17.0 Å². The predicted octanol–water partition coefficient (Wildman–Crippen LogP) is 4.44. The fraction of sp³-hybridized carbons (Fsp3) is 0.407. The molecule has 1 aliphatic heterocycles. The molecule has 0 saturated carbocycles. The van der Waals surface area contributed by atoms with Crippen LogP contribution in [0.15, 0.2) is 52.4 Å². The summed E-state index contributed by atoms with van der Waals surface area (Å²) in [7, 11) is 0. The van der Waals surface area contributed by atoms with Gasteiger partial charge in [0.15, 0.2) is 5.16 Å². The van der Waals surface area contributed by atoms with Crippen molar-refractivity contribution < 1.29 is 14.3 Å². The van der Waals surface area contributed by atoms with E-state index in [4.69, 9.17) is 9.72 Å². The van der Waals surface area contributed by atoms with Crippen LogP contribution in [0.25, 0.3) is 10.9 Å². The highest BCUT2D eigenvalue weighted by Crippen LogP contribution is 2.23. The van der Waals surface area contributed by atoms with Crippen molar-refractivity contribution in [3.8, 4) is 0 Å². The van der Waals surface area contributed by atoms with Crippen molar-refractivity contribution in [2.75, 3.05) is 18.9 Å². The molecule has 0 saturated heterocycles. The number of carbonyl (C=O) groups excluding carboxylic acids is 2. The van der Waals surface area contributed by atoms with Gasteiger partial charge in [-0.3, -0.25) is 19.0 Å². The second kappa shape index (κ2) is 11.5. The number of nitrogens with zero attached hydrogens (tertiary/aromatic N) is 3. The second-order valence-electron chi connectivity index (χ2n) is 8.63. The second-order valence-corrected chi connectivity index (χ2v) is 9.57. The zero-order valence-corrected chi connectivity index (χ0v) is 21.1. The van der Waals surface area contributed by atoms with Crippen LogP contribution in [-0.4, -0.2) is 45.2 Å². The molecule has 0 bridgehead atoms. The number of hydrogen-bond donors (Lipinski definition) is 0. The molecular formula is C27H31N3O4S. The van der Waals surface area contributed by atoms with Crippen molar-refractivity contribution in [3.05, 3.63) is 69.5 Å². The van der Waals surface area contributed by atoms with Crippen molar-refractivity contribution in [2.45, 2.75) is 57.8 Å². The van der Waals surface area contributed by atoms with Gasteiger partial charge in [0.1, 0.15) is 0 Å². The van der Waals surface area contributed by atoms with Crippen molar-refractivity contribution >= 4 is 34.5 Å². The summed E-state index contributed by atoms with van der Waals surface area (Å²) in [5, 5.41) is 0.950. The Labute approximate surface area is 209 Å². The van der Waals surface area contributed by atoms with E-state index in [9.17, 15) is 14.4 Å². The maximum Gasteiger partial charge on any atom is 0.316 e. The number of esters is 1. The molecule has 2 heterocycles. The van der Waals surface area contributed by atoms with Crippen molar-refractivity contribution in [1.29, 1.82) is 0 Å². The molecule has 0 aliphatic carbocycles. The Bertz CT molecular complexity index is 1290. The molecule has 0 spiro atoms. The van der Waals surface area contributed by atoms with Crippen LogP contribution >= 0.6 is 11.8 Å². The first-order chi connectivity index (χ1) is 17.0. The van der Waals surface area contributed by atoms with Gasteiger partial charge in [-0.2, -0.15) is 0 Å². The third-order valence-corrected chi connectivity index (χ3v) is 7.14. The molecule has 1 aliphatic rings. The first-order valence-corrected chi connectivity index (χ1v) is 13.2. The average molecular weight is 494 g/mol. The van der Waals surface area contributed by atoms with Crippen molar-refractivity contribution in [2.24, 2.45) is 0 Å². The molecule has 35 heavy (non-hydrogen) atoms. The highest BCUT2D eigenvalue weighted by molar-refractivity contribution is 7.99. The van der Waals surface area contributed by atoms with Crippen LogP contribution < -0.4 is 5.56 Å². The van der Waals surface area contributed by atoms with Crippen molar-refractivity contribution in [3.63, 3.8) is 0 Å². The Hall–Kier alpha value is -3.13. The quantitative estimate of drug-likeness (QED) is 0.190. The SMILES string of the molecule is CCCCCn1c(SCC(=O)OCC)nc2cc(C(=O)N3CCc4ccccc4C3)ccc2c1=O. The van der Waals surface area contributed by atoms with E-state index in [0.717, 1.165) is 25.7 Å². The van der Waals surface area contributed by atoms with Crippen LogP contribution in [0.2, 0.25) is 0 Å². The lowest BCUT2D eigenvalue weighted by Crippen LogP contribution is -2.36. The molecule has 3 aromatic rings. The third kappa shape index (κ3) is 5.75. The number of carbonyl (C=O) groups is 2. The number of aromatic nitrogens is 2. The molecule has 0 radical (unpaired) electrons. The standard InChI is InChI=1S/C27H31N3O4S/c1-3-5-8-14-30-26(33)22-12-11-20(16-23(22)28-27(30)35-18-24(31)34-4-2)25(32)29-15-13-19-9-6-7-10-21(19)17-29/h6-7,9-12,16H,3-5,8,13-15,17-18H2,1-2H3. The maximum absolute atomic E-state index is 13.3. The van der Waals surface area contributed by atoms with E-state index in [1.165, 1.54) is 22.9 Å². The summed E-state index contributed by atoms with van der Waals surface area (Å²) in [6.45, 7) is 5.93. The number of fused-ring (bicyclic) bond motifs is 2. The fourth-order valence-electron chi connectivity index (χ4n) is 4.34. The molecule has 4 rings (SSSR count). The Morgan fingerprint density at radius 2 is 1.89 bits per heavy atom. The van der Waals surface area contributed by atoms with E-state index >= 15 is 0 Å². The zero-order valence-electron chi connectivity index (χ0n) is 20.3. The van der Waals surface area contributed by atoms with E-state index < -0.39 is 0 Å². The lowest BCUT2D eigenvalue weighted by molar-refractivity contribution is -0.139. The van der Waals surface area contributed by atoms with Gasteiger partial charge >= 0.3 is 5.97 Å². The van der Waals surface area contributed by atoms with Gasteiger partial charge in [0.05, 0.1) is 23.3 Å². The van der Waals surface area contributed by atoms with E-state index in [1.54, 1.807) is 29.7 Å². The molecule has 0 N–H and O–H groups in total. The number of ether oxygens (including phenoxy) is 1. The first-order valence-electron chi connectivity index (χ1n) is 12.2. The van der Waals surface area contributed by atoms with Gasteiger partial charge in [-0.15, -0.1) is 0 Å². The van der Waals surface area contributed by atoms with E-state index in [0.29, 0.717) is 47.9 Å². The number of rotatable bonds is 9. The lowest BCUT2D eigenvalue weighted by atomic mass is 9.99. The molecule has 8 heteroatoms. The predicted molar refractivity (Wildman–Crippen MR) is 138 cm³/mol. The first kappa shape index (κ1) is 25.0. The van der Waals surface area contributed by atoms with E-state index in [2.05, 4.69) is 19.1 Å². The smallest absolute Gasteiger partial charge is 0.316 e. The van der Waals surface area contributed by atoms with Gasteiger partial charge in [0.2, 0.25) is 0 Å². The molecule has 184 valence electrons. The largest absolute Gasteiger partial charge is 0.465 e. The molecular weight excluding hydrogens is 462 g/mol. The van der Waals surface area contributed by atoms with E-state index in [-0.39, 0.29) is 23.2 Å². The van der Waals surface area contributed by atoms with Crippen LogP contribution in [0.1, 0.15) is 54.6 Å². The summed E-state index contributed by atoms with van der Waals surface area (Å²) in [6, 6.07) is 13.3. The maximum atomic E-state index is 13.3. The van der Waals surface area contributed by atoms with Gasteiger partial charge in [-0.05, 0) is 49.1 Å². The zero-order chi connectivity index (χ0) is 24.8. The highest BCUT2D eigenvalue weighted by Gasteiger charge is 2.22.